The topological polar surface area (TPSA) is 15.3 Å². The molecule has 1 atom stereocenters. The highest BCUT2D eigenvalue weighted by atomic mass is 79.9. The minimum Gasteiger partial charge on any atom is -0.370 e. The predicted molar refractivity (Wildman–Crippen MR) is 68.6 cm³/mol. The third-order valence-electron chi connectivity index (χ3n) is 3.12. The predicted octanol–water partition coefficient (Wildman–Crippen LogP) is 2.56. The molecule has 82 valence electrons. The van der Waals surface area contributed by atoms with E-state index in [1.807, 2.05) is 0 Å². The highest BCUT2D eigenvalue weighted by Crippen LogP contribution is 2.25. The van der Waals surface area contributed by atoms with Gasteiger partial charge < -0.3 is 10.2 Å². The third-order valence-corrected chi connectivity index (χ3v) is 3.61. The lowest BCUT2D eigenvalue weighted by Crippen LogP contribution is -2.33. The van der Waals surface area contributed by atoms with Crippen LogP contribution in [0.25, 0.3) is 0 Å². The van der Waals surface area contributed by atoms with Crippen molar-refractivity contribution in [3.8, 4) is 0 Å². The summed E-state index contributed by atoms with van der Waals surface area (Å²) < 4.78 is 1.15. The number of anilines is 1. The summed E-state index contributed by atoms with van der Waals surface area (Å²) in [6, 6.07) is 7.12. The zero-order chi connectivity index (χ0) is 10.8. The monoisotopic (exact) mass is 268 g/mol. The molecule has 0 bridgehead atoms. The molecule has 0 radical (unpaired) electrons. The van der Waals surface area contributed by atoms with Gasteiger partial charge >= 0.3 is 0 Å². The number of rotatable bonds is 2. The van der Waals surface area contributed by atoms with E-state index in [2.05, 4.69) is 58.3 Å². The Morgan fingerprint density at radius 3 is 2.87 bits per heavy atom. The number of likely N-dealkylation sites (N-methyl/N-ethyl adjacent to an activating group) is 1. The Balaban J connectivity index is 2.20. The van der Waals surface area contributed by atoms with Crippen LogP contribution in [0.4, 0.5) is 5.69 Å². The van der Waals surface area contributed by atoms with Crippen molar-refractivity contribution >= 4 is 21.6 Å². The van der Waals surface area contributed by atoms with Crippen LogP contribution < -0.4 is 10.2 Å². The number of nitrogens with zero attached hydrogens (tertiary/aromatic N) is 1. The molecule has 0 aromatic heterocycles. The van der Waals surface area contributed by atoms with E-state index in [1.165, 1.54) is 17.7 Å². The first-order chi connectivity index (χ1) is 7.18. The summed E-state index contributed by atoms with van der Waals surface area (Å²) in [4.78, 5) is 2.39. The number of aryl methyl sites for hydroxylation is 1. The second-order valence-electron chi connectivity index (χ2n) is 4.19. The molecule has 15 heavy (non-hydrogen) atoms. The van der Waals surface area contributed by atoms with Gasteiger partial charge in [0.15, 0.2) is 0 Å². The maximum absolute atomic E-state index is 3.50. The first-order valence-corrected chi connectivity index (χ1v) is 6.17. The molecule has 2 nitrogen and oxygen atoms in total. The molecule has 1 heterocycles. The smallest absolute Gasteiger partial charge is 0.0423 e. The summed E-state index contributed by atoms with van der Waals surface area (Å²) in [5.41, 5.74) is 2.67. The summed E-state index contributed by atoms with van der Waals surface area (Å²) in [7, 11) is 2.19. The summed E-state index contributed by atoms with van der Waals surface area (Å²) in [5.74, 6) is 0. The van der Waals surface area contributed by atoms with E-state index in [0.717, 1.165) is 17.6 Å². The number of benzene rings is 1. The molecule has 0 saturated carbocycles. The summed E-state index contributed by atoms with van der Waals surface area (Å²) in [6.45, 7) is 4.41. The van der Waals surface area contributed by atoms with Crippen molar-refractivity contribution in [2.24, 2.45) is 0 Å². The van der Waals surface area contributed by atoms with E-state index in [4.69, 9.17) is 0 Å². The van der Waals surface area contributed by atoms with Crippen LogP contribution in [0.1, 0.15) is 12.0 Å². The molecule has 2 rings (SSSR count). The van der Waals surface area contributed by atoms with Gasteiger partial charge in [0.2, 0.25) is 0 Å². The third kappa shape index (κ3) is 2.34. The second kappa shape index (κ2) is 4.54. The van der Waals surface area contributed by atoms with Crippen molar-refractivity contribution in [1.82, 2.24) is 5.32 Å². The lowest BCUT2D eigenvalue weighted by atomic mass is 10.1. The van der Waals surface area contributed by atoms with Gasteiger partial charge in [0.05, 0.1) is 0 Å². The van der Waals surface area contributed by atoms with Crippen molar-refractivity contribution in [1.29, 1.82) is 0 Å². The second-order valence-corrected chi connectivity index (χ2v) is 5.10. The van der Waals surface area contributed by atoms with E-state index in [-0.39, 0.29) is 0 Å². The zero-order valence-corrected chi connectivity index (χ0v) is 10.8. The molecular formula is C12H17BrN2. The minimum absolute atomic E-state index is 0.643. The SMILES string of the molecule is Cc1cc(Br)ccc1N(C)C1CCNC1. The van der Waals surface area contributed by atoms with E-state index < -0.39 is 0 Å². The summed E-state index contributed by atoms with van der Waals surface area (Å²) in [5, 5.41) is 3.40. The maximum atomic E-state index is 3.50. The van der Waals surface area contributed by atoms with E-state index in [0.29, 0.717) is 6.04 Å². The average Bonchev–Trinajstić information content (AvgIpc) is 2.69. The molecule has 1 fully saturated rings. The molecule has 0 spiro atoms. The van der Waals surface area contributed by atoms with Crippen LogP contribution >= 0.6 is 15.9 Å². The van der Waals surface area contributed by atoms with Crippen LogP contribution in [-0.2, 0) is 0 Å². The standard InChI is InChI=1S/C12H17BrN2/c1-9-7-10(13)3-4-12(9)15(2)11-5-6-14-8-11/h3-4,7,11,14H,5-6,8H2,1-2H3. The normalized spacial score (nSPS) is 20.6. The Bertz CT molecular complexity index is 345. The molecular weight excluding hydrogens is 252 g/mol. The molecule has 1 N–H and O–H groups in total. The Morgan fingerprint density at radius 2 is 2.27 bits per heavy atom. The highest BCUT2D eigenvalue weighted by Gasteiger charge is 2.20. The van der Waals surface area contributed by atoms with Gasteiger partial charge in [-0.1, -0.05) is 15.9 Å². The van der Waals surface area contributed by atoms with Crippen molar-refractivity contribution in [2.45, 2.75) is 19.4 Å². The lowest BCUT2D eigenvalue weighted by Gasteiger charge is -2.27. The number of hydrogen-bond acceptors (Lipinski definition) is 2. The fourth-order valence-electron chi connectivity index (χ4n) is 2.18. The Hall–Kier alpha value is -0.540. The van der Waals surface area contributed by atoms with Gasteiger partial charge in [-0.3, -0.25) is 0 Å². The van der Waals surface area contributed by atoms with Crippen molar-refractivity contribution in [2.75, 3.05) is 25.0 Å². The fraction of sp³-hybridized carbons (Fsp3) is 0.500. The highest BCUT2D eigenvalue weighted by molar-refractivity contribution is 9.10. The van der Waals surface area contributed by atoms with Crippen LogP contribution in [0, 0.1) is 6.92 Å². The lowest BCUT2D eigenvalue weighted by molar-refractivity contribution is 0.684. The fourth-order valence-corrected chi connectivity index (χ4v) is 2.66. The van der Waals surface area contributed by atoms with Crippen molar-refractivity contribution in [3.63, 3.8) is 0 Å². The number of nitrogens with one attached hydrogen (secondary N) is 1. The maximum Gasteiger partial charge on any atom is 0.0423 e. The summed E-state index contributed by atoms with van der Waals surface area (Å²) in [6.07, 6.45) is 1.24. The molecule has 1 aromatic carbocycles. The first kappa shape index (κ1) is 11.0. The molecule has 1 aliphatic rings. The van der Waals surface area contributed by atoms with E-state index in [1.54, 1.807) is 0 Å². The Labute approximate surface area is 99.8 Å². The van der Waals surface area contributed by atoms with Gasteiger partial charge in [-0.2, -0.15) is 0 Å². The molecule has 3 heteroatoms. The molecule has 1 aromatic rings. The molecule has 1 unspecified atom stereocenters. The van der Waals surface area contributed by atoms with Crippen LogP contribution in [0.15, 0.2) is 22.7 Å². The largest absolute Gasteiger partial charge is 0.370 e. The van der Waals surface area contributed by atoms with Gasteiger partial charge in [0, 0.05) is 29.8 Å². The minimum atomic E-state index is 0.643. The van der Waals surface area contributed by atoms with Gasteiger partial charge in [-0.15, -0.1) is 0 Å². The quantitative estimate of drug-likeness (QED) is 0.887. The number of hydrogen-bond donors (Lipinski definition) is 1. The van der Waals surface area contributed by atoms with E-state index >= 15 is 0 Å². The number of halogens is 1. The Kier molecular flexibility index (Phi) is 3.32. The molecule has 1 aliphatic heterocycles. The van der Waals surface area contributed by atoms with E-state index in [9.17, 15) is 0 Å². The Morgan fingerprint density at radius 1 is 1.47 bits per heavy atom. The zero-order valence-electron chi connectivity index (χ0n) is 9.26. The van der Waals surface area contributed by atoms with Crippen molar-refractivity contribution in [3.05, 3.63) is 28.2 Å². The van der Waals surface area contributed by atoms with Gasteiger partial charge in [-0.25, -0.2) is 0 Å². The van der Waals surface area contributed by atoms with Crippen LogP contribution in [0.2, 0.25) is 0 Å². The van der Waals surface area contributed by atoms with Gasteiger partial charge in [-0.05, 0) is 43.7 Å². The average molecular weight is 269 g/mol. The van der Waals surface area contributed by atoms with Crippen molar-refractivity contribution < 1.29 is 0 Å². The first-order valence-electron chi connectivity index (χ1n) is 5.38. The van der Waals surface area contributed by atoms with Gasteiger partial charge in [0.1, 0.15) is 0 Å². The summed E-state index contributed by atoms with van der Waals surface area (Å²) >= 11 is 3.50. The van der Waals surface area contributed by atoms with Gasteiger partial charge in [0.25, 0.3) is 0 Å². The van der Waals surface area contributed by atoms with Crippen LogP contribution in [-0.4, -0.2) is 26.2 Å². The molecule has 0 amide bonds. The molecule has 0 aliphatic carbocycles. The van der Waals surface area contributed by atoms with Crippen LogP contribution in [0.3, 0.4) is 0 Å². The molecule has 1 saturated heterocycles. The van der Waals surface area contributed by atoms with Crippen LogP contribution in [0.5, 0.6) is 0 Å².